The average molecular weight is 259 g/mol. The van der Waals surface area contributed by atoms with Gasteiger partial charge in [-0.05, 0) is 32.2 Å². The summed E-state index contributed by atoms with van der Waals surface area (Å²) in [4.78, 5) is 15.6. The van der Waals surface area contributed by atoms with Crippen molar-refractivity contribution in [1.29, 1.82) is 0 Å². The molecule has 0 radical (unpaired) electrons. The van der Waals surface area contributed by atoms with Crippen LogP contribution in [0, 0.1) is 0 Å². The molecule has 5 heteroatoms. The minimum absolute atomic E-state index is 0.0182. The van der Waals surface area contributed by atoms with Crippen LogP contribution in [0.4, 0.5) is 0 Å². The fourth-order valence-electron chi connectivity index (χ4n) is 1.02. The van der Waals surface area contributed by atoms with E-state index < -0.39 is 0 Å². The fourth-order valence-corrected chi connectivity index (χ4v) is 1.44. The Morgan fingerprint density at radius 2 is 2.31 bits per heavy atom. The normalized spacial score (nSPS) is 11.2. The second kappa shape index (κ2) is 5.55. The van der Waals surface area contributed by atoms with Crippen molar-refractivity contribution in [3.8, 4) is 0 Å². The maximum absolute atomic E-state index is 11.8. The Bertz CT molecular complexity index is 382. The second-order valence-electron chi connectivity index (χ2n) is 3.99. The van der Waals surface area contributed by atoms with Crippen molar-refractivity contribution in [2.45, 2.75) is 18.6 Å². The van der Waals surface area contributed by atoms with Gasteiger partial charge in [-0.1, -0.05) is 11.6 Å². The molecular formula is C11H15ClN2OS. The Morgan fingerprint density at radius 3 is 2.88 bits per heavy atom. The van der Waals surface area contributed by atoms with E-state index in [0.717, 1.165) is 0 Å². The summed E-state index contributed by atoms with van der Waals surface area (Å²) in [7, 11) is 0. The molecule has 0 bridgehead atoms. The smallest absolute Gasteiger partial charge is 0.254 e. The highest BCUT2D eigenvalue weighted by Gasteiger charge is 2.18. The van der Waals surface area contributed by atoms with Gasteiger partial charge < -0.3 is 5.32 Å². The molecule has 1 N–H and O–H groups in total. The van der Waals surface area contributed by atoms with Crippen LogP contribution in [0.25, 0.3) is 0 Å². The van der Waals surface area contributed by atoms with Crippen LogP contribution in [-0.2, 0) is 0 Å². The first-order valence-corrected chi connectivity index (χ1v) is 6.50. The maximum atomic E-state index is 11.8. The zero-order valence-corrected chi connectivity index (χ0v) is 11.2. The lowest BCUT2D eigenvalue weighted by atomic mass is 10.2. The molecule has 0 aliphatic carbocycles. The number of aromatic nitrogens is 1. The number of carbonyl (C=O) groups excluding carboxylic acids is 1. The topological polar surface area (TPSA) is 42.0 Å². The van der Waals surface area contributed by atoms with Crippen molar-refractivity contribution in [3.63, 3.8) is 0 Å². The highest BCUT2D eigenvalue weighted by molar-refractivity contribution is 7.99. The minimum Gasteiger partial charge on any atom is -0.351 e. The van der Waals surface area contributed by atoms with E-state index >= 15 is 0 Å². The molecule has 3 nitrogen and oxygen atoms in total. The number of nitrogens with zero attached hydrogens (tertiary/aromatic N) is 1. The summed E-state index contributed by atoms with van der Waals surface area (Å²) >= 11 is 7.53. The molecule has 1 heterocycles. The SMILES string of the molecule is CSC(C)(C)CNC(=O)c1cccnc1Cl. The molecule has 0 saturated heterocycles. The largest absolute Gasteiger partial charge is 0.351 e. The minimum atomic E-state index is -0.180. The van der Waals surface area contributed by atoms with Crippen molar-refractivity contribution in [2.24, 2.45) is 0 Å². The Kier molecular flexibility index (Phi) is 4.62. The lowest BCUT2D eigenvalue weighted by molar-refractivity contribution is 0.0950. The van der Waals surface area contributed by atoms with Gasteiger partial charge in [0.15, 0.2) is 0 Å². The molecule has 1 aromatic rings. The van der Waals surface area contributed by atoms with Crippen LogP contribution in [0.3, 0.4) is 0 Å². The number of halogens is 1. The Morgan fingerprint density at radius 1 is 1.62 bits per heavy atom. The lowest BCUT2D eigenvalue weighted by Crippen LogP contribution is -2.36. The summed E-state index contributed by atoms with van der Waals surface area (Å²) in [5.41, 5.74) is 0.418. The first-order valence-electron chi connectivity index (χ1n) is 4.90. The number of rotatable bonds is 4. The van der Waals surface area contributed by atoms with Gasteiger partial charge in [-0.25, -0.2) is 4.98 Å². The van der Waals surface area contributed by atoms with Crippen molar-refractivity contribution < 1.29 is 4.79 Å². The summed E-state index contributed by atoms with van der Waals surface area (Å²) in [5.74, 6) is -0.180. The first kappa shape index (κ1) is 13.3. The summed E-state index contributed by atoms with van der Waals surface area (Å²) in [5, 5.41) is 3.08. The predicted octanol–water partition coefficient (Wildman–Crippen LogP) is 2.61. The maximum Gasteiger partial charge on any atom is 0.254 e. The molecule has 1 amide bonds. The number of nitrogens with one attached hydrogen (secondary N) is 1. The summed E-state index contributed by atoms with van der Waals surface area (Å²) in [6.45, 7) is 4.74. The second-order valence-corrected chi connectivity index (χ2v) is 5.86. The number of thioether (sulfide) groups is 1. The third kappa shape index (κ3) is 3.68. The quantitative estimate of drug-likeness (QED) is 0.845. The third-order valence-corrected chi connectivity index (χ3v) is 3.78. The van der Waals surface area contributed by atoms with Gasteiger partial charge in [0.2, 0.25) is 0 Å². The van der Waals surface area contributed by atoms with E-state index in [-0.39, 0.29) is 15.8 Å². The third-order valence-electron chi connectivity index (χ3n) is 2.23. The fraction of sp³-hybridized carbons (Fsp3) is 0.455. The predicted molar refractivity (Wildman–Crippen MR) is 69.2 cm³/mol. The number of carbonyl (C=O) groups is 1. The number of pyridine rings is 1. The molecule has 88 valence electrons. The highest BCUT2D eigenvalue weighted by atomic mass is 35.5. The molecule has 0 spiro atoms. The molecule has 0 aliphatic heterocycles. The van der Waals surface area contributed by atoms with E-state index in [0.29, 0.717) is 12.1 Å². The van der Waals surface area contributed by atoms with Crippen molar-refractivity contribution >= 4 is 29.3 Å². The molecule has 1 rings (SSSR count). The molecule has 0 fully saturated rings. The molecule has 0 unspecified atom stereocenters. The molecule has 0 atom stereocenters. The van der Waals surface area contributed by atoms with Gasteiger partial charge >= 0.3 is 0 Å². The van der Waals surface area contributed by atoms with E-state index in [1.807, 2.05) is 6.26 Å². The van der Waals surface area contributed by atoms with Gasteiger partial charge in [-0.3, -0.25) is 4.79 Å². The monoisotopic (exact) mass is 258 g/mol. The van der Waals surface area contributed by atoms with E-state index in [2.05, 4.69) is 24.1 Å². The van der Waals surface area contributed by atoms with Crippen molar-refractivity contribution in [3.05, 3.63) is 29.0 Å². The van der Waals surface area contributed by atoms with Crippen LogP contribution in [0.15, 0.2) is 18.3 Å². The van der Waals surface area contributed by atoms with Crippen LogP contribution in [0.2, 0.25) is 5.15 Å². The van der Waals surface area contributed by atoms with Gasteiger partial charge in [-0.15, -0.1) is 0 Å². The standard InChI is InChI=1S/C11H15ClN2OS/c1-11(2,16-3)7-14-10(15)8-5-4-6-13-9(8)12/h4-6H,7H2,1-3H3,(H,14,15). The number of hydrogen-bond donors (Lipinski definition) is 1. The Labute approximate surface area is 105 Å². The van der Waals surface area contributed by atoms with Gasteiger partial charge in [0, 0.05) is 17.5 Å². The lowest BCUT2D eigenvalue weighted by Gasteiger charge is -2.22. The highest BCUT2D eigenvalue weighted by Crippen LogP contribution is 2.20. The Hall–Kier alpha value is -0.740. The van der Waals surface area contributed by atoms with Crippen LogP contribution < -0.4 is 5.32 Å². The van der Waals surface area contributed by atoms with Crippen LogP contribution >= 0.6 is 23.4 Å². The number of amides is 1. The molecule has 0 saturated carbocycles. The molecule has 0 aliphatic rings. The van der Waals surface area contributed by atoms with E-state index in [9.17, 15) is 4.79 Å². The van der Waals surface area contributed by atoms with E-state index in [1.54, 1.807) is 30.1 Å². The zero-order chi connectivity index (χ0) is 12.2. The molecule has 1 aromatic heterocycles. The number of hydrogen-bond acceptors (Lipinski definition) is 3. The van der Waals surface area contributed by atoms with Gasteiger partial charge in [0.1, 0.15) is 5.15 Å². The summed E-state index contributed by atoms with van der Waals surface area (Å²) in [6.07, 6.45) is 3.58. The van der Waals surface area contributed by atoms with Gasteiger partial charge in [0.25, 0.3) is 5.91 Å². The van der Waals surface area contributed by atoms with Crippen molar-refractivity contribution in [2.75, 3.05) is 12.8 Å². The van der Waals surface area contributed by atoms with Crippen LogP contribution in [0.5, 0.6) is 0 Å². The van der Waals surface area contributed by atoms with E-state index in [4.69, 9.17) is 11.6 Å². The van der Waals surface area contributed by atoms with Gasteiger partial charge in [0.05, 0.1) is 5.56 Å². The first-order chi connectivity index (χ1) is 7.46. The summed E-state index contributed by atoms with van der Waals surface area (Å²) in [6, 6.07) is 3.36. The Balaban J connectivity index is 2.64. The summed E-state index contributed by atoms with van der Waals surface area (Å²) < 4.78 is 0.0182. The average Bonchev–Trinajstić information content (AvgIpc) is 2.27. The zero-order valence-electron chi connectivity index (χ0n) is 9.58. The van der Waals surface area contributed by atoms with E-state index in [1.165, 1.54) is 0 Å². The van der Waals surface area contributed by atoms with Gasteiger partial charge in [-0.2, -0.15) is 11.8 Å². The molecular weight excluding hydrogens is 244 g/mol. The molecule has 16 heavy (non-hydrogen) atoms. The van der Waals surface area contributed by atoms with Crippen molar-refractivity contribution in [1.82, 2.24) is 10.3 Å². The molecule has 0 aromatic carbocycles. The van der Waals surface area contributed by atoms with Crippen LogP contribution in [-0.4, -0.2) is 28.4 Å². The van der Waals surface area contributed by atoms with Crippen LogP contribution in [0.1, 0.15) is 24.2 Å².